The molecule has 1 rings (SSSR count). The molecule has 0 spiro atoms. The molecule has 1 N–H and O–H groups in total. The Balaban J connectivity index is 2.62. The highest BCUT2D eigenvalue weighted by Gasteiger charge is 2.28. The van der Waals surface area contributed by atoms with Gasteiger partial charge in [0.1, 0.15) is 0 Å². The number of carboxylic acids is 1. The van der Waals surface area contributed by atoms with Crippen LogP contribution in [0.25, 0.3) is 0 Å². The van der Waals surface area contributed by atoms with Crippen LogP contribution in [0.2, 0.25) is 0 Å². The van der Waals surface area contributed by atoms with E-state index in [0.29, 0.717) is 12.1 Å². The molecular formula is C12H23NO3. The number of hydrogen-bond donors (Lipinski definition) is 1. The maximum Gasteiger partial charge on any atom is 0.317 e. The molecule has 0 aromatic carbocycles. The van der Waals surface area contributed by atoms with Gasteiger partial charge in [0.2, 0.25) is 0 Å². The van der Waals surface area contributed by atoms with Crippen LogP contribution in [0.15, 0.2) is 0 Å². The van der Waals surface area contributed by atoms with Crippen molar-refractivity contribution in [1.29, 1.82) is 0 Å². The molecule has 16 heavy (non-hydrogen) atoms. The molecule has 3 atom stereocenters. The van der Waals surface area contributed by atoms with E-state index in [0.717, 1.165) is 25.9 Å². The first kappa shape index (κ1) is 13.5. The van der Waals surface area contributed by atoms with Gasteiger partial charge in [0.05, 0.1) is 12.6 Å². The number of aliphatic carboxylic acids is 1. The molecule has 4 heteroatoms. The molecular weight excluding hydrogens is 206 g/mol. The third-order valence-corrected chi connectivity index (χ3v) is 3.40. The Labute approximate surface area is 97.6 Å². The number of carbonyl (C=O) groups is 1. The highest BCUT2D eigenvalue weighted by Crippen LogP contribution is 2.21. The summed E-state index contributed by atoms with van der Waals surface area (Å²) >= 11 is 0. The molecule has 0 amide bonds. The summed E-state index contributed by atoms with van der Waals surface area (Å²) in [5.74, 6) is -0.737. The SMILES string of the molecule is CCC(C)N(CC(=O)O)C1CCOC(C)C1. The lowest BCUT2D eigenvalue weighted by Crippen LogP contribution is -2.48. The molecule has 0 radical (unpaired) electrons. The Hall–Kier alpha value is -0.610. The zero-order valence-electron chi connectivity index (χ0n) is 10.5. The fraction of sp³-hybridized carbons (Fsp3) is 0.917. The summed E-state index contributed by atoms with van der Waals surface area (Å²) in [7, 11) is 0. The van der Waals surface area contributed by atoms with Crippen molar-refractivity contribution in [2.75, 3.05) is 13.2 Å². The minimum atomic E-state index is -0.737. The van der Waals surface area contributed by atoms with Crippen molar-refractivity contribution >= 4 is 5.97 Å². The minimum Gasteiger partial charge on any atom is -0.480 e. The average Bonchev–Trinajstić information content (AvgIpc) is 2.24. The molecule has 0 aromatic rings. The van der Waals surface area contributed by atoms with Crippen molar-refractivity contribution in [1.82, 2.24) is 4.90 Å². The molecule has 0 bridgehead atoms. The smallest absolute Gasteiger partial charge is 0.317 e. The second-order valence-electron chi connectivity index (χ2n) is 4.68. The van der Waals surface area contributed by atoms with Crippen LogP contribution in [0.4, 0.5) is 0 Å². The van der Waals surface area contributed by atoms with Crippen molar-refractivity contribution in [3.05, 3.63) is 0 Å². The lowest BCUT2D eigenvalue weighted by molar-refractivity contribution is -0.140. The first-order chi connectivity index (χ1) is 7.54. The van der Waals surface area contributed by atoms with Crippen molar-refractivity contribution < 1.29 is 14.6 Å². The molecule has 1 aliphatic rings. The van der Waals surface area contributed by atoms with Crippen LogP contribution >= 0.6 is 0 Å². The van der Waals surface area contributed by atoms with Crippen LogP contribution in [0.5, 0.6) is 0 Å². The summed E-state index contributed by atoms with van der Waals surface area (Å²) in [4.78, 5) is 13.0. The Kier molecular flexibility index (Phi) is 5.22. The molecule has 1 fully saturated rings. The predicted molar refractivity (Wildman–Crippen MR) is 62.5 cm³/mol. The predicted octanol–water partition coefficient (Wildman–Crippen LogP) is 1.74. The molecule has 1 aliphatic heterocycles. The van der Waals surface area contributed by atoms with E-state index in [4.69, 9.17) is 9.84 Å². The van der Waals surface area contributed by atoms with Crippen LogP contribution < -0.4 is 0 Å². The lowest BCUT2D eigenvalue weighted by Gasteiger charge is -2.39. The summed E-state index contributed by atoms with van der Waals surface area (Å²) < 4.78 is 5.50. The van der Waals surface area contributed by atoms with Gasteiger partial charge in [0, 0.05) is 18.7 Å². The van der Waals surface area contributed by atoms with Gasteiger partial charge >= 0.3 is 5.97 Å². The number of hydrogen-bond acceptors (Lipinski definition) is 3. The highest BCUT2D eigenvalue weighted by molar-refractivity contribution is 5.69. The maximum absolute atomic E-state index is 10.9. The van der Waals surface area contributed by atoms with Gasteiger partial charge in [0.15, 0.2) is 0 Å². The summed E-state index contributed by atoms with van der Waals surface area (Å²) in [6.45, 7) is 7.15. The standard InChI is InChI=1S/C12H23NO3/c1-4-9(2)13(8-12(14)15)11-5-6-16-10(3)7-11/h9-11H,4-8H2,1-3H3,(H,14,15). The summed E-state index contributed by atoms with van der Waals surface area (Å²) in [5, 5.41) is 8.95. The lowest BCUT2D eigenvalue weighted by atomic mass is 10.00. The Morgan fingerprint density at radius 3 is 2.81 bits per heavy atom. The Bertz CT molecular complexity index is 232. The van der Waals surface area contributed by atoms with E-state index < -0.39 is 5.97 Å². The van der Waals surface area contributed by atoms with E-state index in [2.05, 4.69) is 25.7 Å². The second kappa shape index (κ2) is 6.21. The number of carboxylic acid groups (broad SMARTS) is 1. The molecule has 3 unspecified atom stereocenters. The fourth-order valence-corrected chi connectivity index (χ4v) is 2.31. The van der Waals surface area contributed by atoms with E-state index in [1.165, 1.54) is 0 Å². The fourth-order valence-electron chi connectivity index (χ4n) is 2.31. The number of rotatable bonds is 5. The van der Waals surface area contributed by atoms with E-state index in [1.807, 2.05) is 0 Å². The first-order valence-corrected chi connectivity index (χ1v) is 6.13. The molecule has 1 saturated heterocycles. The van der Waals surface area contributed by atoms with Gasteiger partial charge in [0.25, 0.3) is 0 Å². The quantitative estimate of drug-likeness (QED) is 0.780. The molecule has 94 valence electrons. The van der Waals surface area contributed by atoms with Crippen molar-refractivity contribution in [2.24, 2.45) is 0 Å². The monoisotopic (exact) mass is 229 g/mol. The largest absolute Gasteiger partial charge is 0.480 e. The van der Waals surface area contributed by atoms with E-state index in [9.17, 15) is 4.79 Å². The van der Waals surface area contributed by atoms with Crippen molar-refractivity contribution in [3.8, 4) is 0 Å². The molecule has 4 nitrogen and oxygen atoms in total. The summed E-state index contributed by atoms with van der Waals surface area (Å²) in [6, 6.07) is 0.682. The van der Waals surface area contributed by atoms with E-state index >= 15 is 0 Å². The van der Waals surface area contributed by atoms with Crippen molar-refractivity contribution in [2.45, 2.75) is 58.2 Å². The minimum absolute atomic E-state index is 0.145. The molecule has 0 aromatic heterocycles. The number of nitrogens with zero attached hydrogens (tertiary/aromatic N) is 1. The van der Waals surface area contributed by atoms with Gasteiger partial charge in [-0.15, -0.1) is 0 Å². The van der Waals surface area contributed by atoms with Gasteiger partial charge in [-0.3, -0.25) is 9.69 Å². The van der Waals surface area contributed by atoms with Gasteiger partial charge in [-0.1, -0.05) is 6.92 Å². The third-order valence-electron chi connectivity index (χ3n) is 3.40. The third kappa shape index (κ3) is 3.76. The number of ether oxygens (including phenoxy) is 1. The van der Waals surface area contributed by atoms with E-state index in [1.54, 1.807) is 0 Å². The molecule has 0 saturated carbocycles. The van der Waals surface area contributed by atoms with Crippen LogP contribution in [-0.4, -0.2) is 47.3 Å². The summed E-state index contributed by atoms with van der Waals surface area (Å²) in [6.07, 6.45) is 3.12. The maximum atomic E-state index is 10.9. The Morgan fingerprint density at radius 1 is 1.62 bits per heavy atom. The van der Waals surface area contributed by atoms with Crippen LogP contribution in [-0.2, 0) is 9.53 Å². The van der Waals surface area contributed by atoms with Crippen molar-refractivity contribution in [3.63, 3.8) is 0 Å². The summed E-state index contributed by atoms with van der Waals surface area (Å²) in [5.41, 5.74) is 0. The van der Waals surface area contributed by atoms with Crippen LogP contribution in [0.1, 0.15) is 40.0 Å². The van der Waals surface area contributed by atoms with E-state index in [-0.39, 0.29) is 12.6 Å². The second-order valence-corrected chi connectivity index (χ2v) is 4.68. The first-order valence-electron chi connectivity index (χ1n) is 6.13. The zero-order valence-corrected chi connectivity index (χ0v) is 10.5. The average molecular weight is 229 g/mol. The topological polar surface area (TPSA) is 49.8 Å². The van der Waals surface area contributed by atoms with Gasteiger partial charge in [-0.05, 0) is 33.1 Å². The van der Waals surface area contributed by atoms with Gasteiger partial charge in [-0.25, -0.2) is 0 Å². The van der Waals surface area contributed by atoms with Crippen LogP contribution in [0.3, 0.4) is 0 Å². The Morgan fingerprint density at radius 2 is 2.31 bits per heavy atom. The highest BCUT2D eigenvalue weighted by atomic mass is 16.5. The molecule has 0 aliphatic carbocycles. The van der Waals surface area contributed by atoms with Gasteiger partial charge in [-0.2, -0.15) is 0 Å². The van der Waals surface area contributed by atoms with Crippen LogP contribution in [0, 0.1) is 0 Å². The molecule has 1 heterocycles. The normalized spacial score (nSPS) is 28.0. The van der Waals surface area contributed by atoms with Gasteiger partial charge < -0.3 is 9.84 Å². The zero-order chi connectivity index (χ0) is 12.1.